The van der Waals surface area contributed by atoms with E-state index in [4.69, 9.17) is 12.2 Å². The first-order chi connectivity index (χ1) is 9.15. The number of benzene rings is 1. The molecule has 1 aromatic heterocycles. The molecular formula is C16H22N2S. The van der Waals surface area contributed by atoms with Crippen molar-refractivity contribution in [1.29, 1.82) is 0 Å². The van der Waals surface area contributed by atoms with E-state index in [9.17, 15) is 0 Å². The first kappa shape index (κ1) is 12.9. The second-order valence-corrected chi connectivity index (χ2v) is 6.47. The zero-order valence-electron chi connectivity index (χ0n) is 11.8. The van der Waals surface area contributed by atoms with Crippen molar-refractivity contribution in [3.63, 3.8) is 0 Å². The van der Waals surface area contributed by atoms with Crippen LogP contribution in [-0.4, -0.2) is 9.55 Å². The second kappa shape index (κ2) is 5.12. The summed E-state index contributed by atoms with van der Waals surface area (Å²) in [5.74, 6) is 0.867. The first-order valence-corrected chi connectivity index (χ1v) is 7.77. The van der Waals surface area contributed by atoms with Gasteiger partial charge in [-0.3, -0.25) is 0 Å². The third-order valence-electron chi connectivity index (χ3n) is 4.46. The normalized spacial score (nSPS) is 24.5. The zero-order valence-corrected chi connectivity index (χ0v) is 12.6. The molecule has 19 heavy (non-hydrogen) atoms. The Morgan fingerprint density at radius 2 is 2.05 bits per heavy atom. The lowest BCUT2D eigenvalue weighted by Crippen LogP contribution is -2.08. The summed E-state index contributed by atoms with van der Waals surface area (Å²) in [6, 6.07) is 7.17. The van der Waals surface area contributed by atoms with Gasteiger partial charge in [0.25, 0.3) is 0 Å². The molecule has 1 aliphatic carbocycles. The number of imidazole rings is 1. The minimum absolute atomic E-state index is 0.578. The minimum Gasteiger partial charge on any atom is -0.331 e. The predicted molar refractivity (Wildman–Crippen MR) is 83.1 cm³/mol. The van der Waals surface area contributed by atoms with Gasteiger partial charge in [-0.2, -0.15) is 0 Å². The molecule has 2 nitrogen and oxygen atoms in total. The molecule has 1 aromatic carbocycles. The molecule has 1 heterocycles. The van der Waals surface area contributed by atoms with Crippen molar-refractivity contribution in [2.24, 2.45) is 5.92 Å². The number of rotatable bonds is 1. The van der Waals surface area contributed by atoms with E-state index in [1.165, 1.54) is 48.7 Å². The van der Waals surface area contributed by atoms with Crippen LogP contribution in [0.1, 0.15) is 50.6 Å². The van der Waals surface area contributed by atoms with E-state index in [0.29, 0.717) is 6.04 Å². The molecule has 0 saturated heterocycles. The van der Waals surface area contributed by atoms with Gasteiger partial charge in [-0.1, -0.05) is 25.8 Å². The highest BCUT2D eigenvalue weighted by atomic mass is 32.1. The second-order valence-electron chi connectivity index (χ2n) is 6.09. The van der Waals surface area contributed by atoms with Crippen molar-refractivity contribution >= 4 is 23.3 Å². The number of fused-ring (bicyclic) bond motifs is 1. The molecule has 3 heteroatoms. The predicted octanol–water partition coefficient (Wildman–Crippen LogP) is 5.15. The first-order valence-electron chi connectivity index (χ1n) is 7.36. The third-order valence-corrected chi connectivity index (χ3v) is 4.76. The van der Waals surface area contributed by atoms with Crippen LogP contribution in [0.4, 0.5) is 0 Å². The number of aromatic amines is 1. The molecule has 2 atom stereocenters. The van der Waals surface area contributed by atoms with E-state index >= 15 is 0 Å². The summed E-state index contributed by atoms with van der Waals surface area (Å²) < 4.78 is 3.25. The minimum atomic E-state index is 0.578. The Kier molecular flexibility index (Phi) is 3.48. The summed E-state index contributed by atoms with van der Waals surface area (Å²) >= 11 is 5.56. The van der Waals surface area contributed by atoms with Gasteiger partial charge in [0.15, 0.2) is 4.77 Å². The fraction of sp³-hybridized carbons (Fsp3) is 0.562. The maximum atomic E-state index is 5.56. The van der Waals surface area contributed by atoms with Crippen molar-refractivity contribution in [3.05, 3.63) is 28.5 Å². The summed E-state index contributed by atoms with van der Waals surface area (Å²) in [5, 5.41) is 0. The number of aryl methyl sites for hydroxylation is 1. The summed E-state index contributed by atoms with van der Waals surface area (Å²) in [7, 11) is 0. The van der Waals surface area contributed by atoms with Crippen molar-refractivity contribution < 1.29 is 0 Å². The van der Waals surface area contributed by atoms with Crippen LogP contribution in [0.25, 0.3) is 11.0 Å². The summed E-state index contributed by atoms with van der Waals surface area (Å²) in [5.41, 5.74) is 3.74. The fourth-order valence-electron chi connectivity index (χ4n) is 3.33. The highest BCUT2D eigenvalue weighted by Crippen LogP contribution is 2.32. The molecule has 2 unspecified atom stereocenters. The molecule has 3 rings (SSSR count). The maximum Gasteiger partial charge on any atom is 0.178 e. The number of nitrogens with zero attached hydrogens (tertiary/aromatic N) is 1. The fourth-order valence-corrected chi connectivity index (χ4v) is 3.69. The van der Waals surface area contributed by atoms with Gasteiger partial charge in [0.05, 0.1) is 11.0 Å². The van der Waals surface area contributed by atoms with E-state index in [1.807, 2.05) is 0 Å². The van der Waals surface area contributed by atoms with Gasteiger partial charge in [0.2, 0.25) is 0 Å². The average Bonchev–Trinajstić information content (AvgIpc) is 2.54. The van der Waals surface area contributed by atoms with Crippen LogP contribution in [0.5, 0.6) is 0 Å². The van der Waals surface area contributed by atoms with Crippen LogP contribution in [0.3, 0.4) is 0 Å². The Labute approximate surface area is 119 Å². The quantitative estimate of drug-likeness (QED) is 0.563. The monoisotopic (exact) mass is 274 g/mol. The van der Waals surface area contributed by atoms with Gasteiger partial charge < -0.3 is 9.55 Å². The SMILES string of the molecule is Cc1ccc2c(c1)[nH]c(=S)n2C1CCCC(C)CC1. The molecule has 102 valence electrons. The molecule has 1 saturated carbocycles. The lowest BCUT2D eigenvalue weighted by molar-refractivity contribution is 0.438. The molecule has 1 N–H and O–H groups in total. The van der Waals surface area contributed by atoms with Gasteiger partial charge >= 0.3 is 0 Å². The topological polar surface area (TPSA) is 20.7 Å². The van der Waals surface area contributed by atoms with E-state index in [-0.39, 0.29) is 0 Å². The molecule has 0 radical (unpaired) electrons. The number of hydrogen-bond donors (Lipinski definition) is 1. The van der Waals surface area contributed by atoms with Gasteiger partial charge in [0, 0.05) is 6.04 Å². The smallest absolute Gasteiger partial charge is 0.178 e. The van der Waals surface area contributed by atoms with Gasteiger partial charge in [-0.25, -0.2) is 0 Å². The summed E-state index contributed by atoms with van der Waals surface area (Å²) in [4.78, 5) is 3.37. The van der Waals surface area contributed by atoms with Crippen LogP contribution < -0.4 is 0 Å². The molecule has 0 amide bonds. The van der Waals surface area contributed by atoms with Crippen molar-refractivity contribution in [2.45, 2.75) is 52.0 Å². The van der Waals surface area contributed by atoms with Crippen molar-refractivity contribution in [3.8, 4) is 0 Å². The van der Waals surface area contributed by atoms with Crippen molar-refractivity contribution in [2.75, 3.05) is 0 Å². The molecule has 0 bridgehead atoms. The Morgan fingerprint density at radius 1 is 1.21 bits per heavy atom. The number of H-pyrrole nitrogens is 1. The number of hydrogen-bond acceptors (Lipinski definition) is 1. The standard InChI is InChI=1S/C16H22N2S/c1-11-4-3-5-13(8-6-11)18-15-9-7-12(2)10-14(15)17-16(18)19/h7,9-11,13H,3-6,8H2,1-2H3,(H,17,19). The van der Waals surface area contributed by atoms with Crippen LogP contribution in [-0.2, 0) is 0 Å². The van der Waals surface area contributed by atoms with Crippen molar-refractivity contribution in [1.82, 2.24) is 9.55 Å². The molecule has 2 aromatic rings. The molecular weight excluding hydrogens is 252 g/mol. The van der Waals surface area contributed by atoms with Crippen LogP contribution in [0.2, 0.25) is 0 Å². The van der Waals surface area contributed by atoms with Gasteiger partial charge in [0.1, 0.15) is 0 Å². The van der Waals surface area contributed by atoms with E-state index in [2.05, 4.69) is 41.6 Å². The summed E-state index contributed by atoms with van der Waals surface area (Å²) in [6.07, 6.45) is 6.54. The van der Waals surface area contributed by atoms with E-state index in [0.717, 1.165) is 10.7 Å². The Morgan fingerprint density at radius 3 is 2.89 bits per heavy atom. The average molecular weight is 274 g/mol. The summed E-state index contributed by atoms with van der Waals surface area (Å²) in [6.45, 7) is 4.50. The lowest BCUT2D eigenvalue weighted by atomic mass is 10.0. The Balaban J connectivity index is 2.04. The highest BCUT2D eigenvalue weighted by Gasteiger charge is 2.20. The zero-order chi connectivity index (χ0) is 13.4. The number of aromatic nitrogens is 2. The Hall–Kier alpha value is -1.09. The lowest BCUT2D eigenvalue weighted by Gasteiger charge is -2.17. The van der Waals surface area contributed by atoms with Gasteiger partial charge in [-0.15, -0.1) is 0 Å². The maximum absolute atomic E-state index is 5.56. The molecule has 1 aliphatic rings. The molecule has 0 aliphatic heterocycles. The van der Waals surface area contributed by atoms with Crippen LogP contribution in [0.15, 0.2) is 18.2 Å². The van der Waals surface area contributed by atoms with E-state index in [1.54, 1.807) is 0 Å². The highest BCUT2D eigenvalue weighted by molar-refractivity contribution is 7.71. The number of nitrogens with one attached hydrogen (secondary N) is 1. The van der Waals surface area contributed by atoms with Crippen LogP contribution in [0, 0.1) is 17.6 Å². The van der Waals surface area contributed by atoms with Crippen LogP contribution >= 0.6 is 12.2 Å². The third kappa shape index (κ3) is 2.48. The Bertz CT molecular complexity index is 638. The molecule has 1 fully saturated rings. The largest absolute Gasteiger partial charge is 0.331 e. The molecule has 0 spiro atoms. The van der Waals surface area contributed by atoms with Gasteiger partial charge in [-0.05, 0) is 62.0 Å². The van der Waals surface area contributed by atoms with E-state index < -0.39 is 0 Å².